The van der Waals surface area contributed by atoms with E-state index in [0.717, 1.165) is 35.5 Å². The van der Waals surface area contributed by atoms with Crippen molar-refractivity contribution in [2.24, 2.45) is 0 Å². The summed E-state index contributed by atoms with van der Waals surface area (Å²) in [7, 11) is 0. The van der Waals surface area contributed by atoms with Crippen LogP contribution in [0.3, 0.4) is 0 Å². The van der Waals surface area contributed by atoms with Gasteiger partial charge >= 0.3 is 0 Å². The number of unbranched alkanes of at least 4 members (excludes halogenated alkanes) is 3. The Morgan fingerprint density at radius 1 is 0.409 bits per heavy atom. The van der Waals surface area contributed by atoms with Gasteiger partial charge in [-0.15, -0.1) is 0 Å². The van der Waals surface area contributed by atoms with E-state index >= 15 is 0 Å². The zero-order chi connectivity index (χ0) is 29.3. The maximum atomic E-state index is 4.97. The fraction of sp³-hybridized carbons (Fsp3) is 0.150. The van der Waals surface area contributed by atoms with Crippen LogP contribution in [-0.2, 0) is 12.8 Å². The first-order valence-corrected chi connectivity index (χ1v) is 15.7. The van der Waals surface area contributed by atoms with Crippen LogP contribution in [-0.4, -0.2) is 19.1 Å². The van der Waals surface area contributed by atoms with Crippen molar-refractivity contribution >= 4 is 43.9 Å². The van der Waals surface area contributed by atoms with Gasteiger partial charge in [-0.3, -0.25) is 9.13 Å². The van der Waals surface area contributed by atoms with Gasteiger partial charge in [0.2, 0.25) is 0 Å². The number of pyridine rings is 2. The molecular weight excluding hydrogens is 536 g/mol. The number of hydrogen-bond acceptors (Lipinski definition) is 2. The first-order chi connectivity index (χ1) is 21.8. The zero-order valence-electron chi connectivity index (χ0n) is 24.7. The number of aryl methyl sites for hydroxylation is 2. The summed E-state index contributed by atoms with van der Waals surface area (Å²) >= 11 is 0. The van der Waals surface area contributed by atoms with E-state index in [9.17, 15) is 0 Å². The SMILES string of the molecule is c1ccc(-n2c3ccccc3c3cc(CCCCCCc4cnc5c(c4)c4ccccc4n5-c4ccccc4)cnc32)cc1. The lowest BCUT2D eigenvalue weighted by Gasteiger charge is -2.07. The third kappa shape index (κ3) is 4.73. The van der Waals surface area contributed by atoms with Crippen LogP contribution in [0.25, 0.3) is 55.2 Å². The van der Waals surface area contributed by atoms with Crippen molar-refractivity contribution in [1.82, 2.24) is 19.1 Å². The van der Waals surface area contributed by atoms with Crippen LogP contribution in [0.2, 0.25) is 0 Å². The van der Waals surface area contributed by atoms with Gasteiger partial charge in [0.1, 0.15) is 11.3 Å². The van der Waals surface area contributed by atoms with Crippen LogP contribution in [0.1, 0.15) is 36.8 Å². The highest BCUT2D eigenvalue weighted by Gasteiger charge is 2.15. The molecule has 44 heavy (non-hydrogen) atoms. The van der Waals surface area contributed by atoms with E-state index in [1.54, 1.807) is 0 Å². The number of fused-ring (bicyclic) bond motifs is 6. The molecule has 4 aromatic heterocycles. The number of aromatic nitrogens is 4. The fourth-order valence-electron chi connectivity index (χ4n) is 6.74. The average molecular weight is 571 g/mol. The molecule has 0 aliphatic heterocycles. The molecule has 0 fully saturated rings. The van der Waals surface area contributed by atoms with Crippen molar-refractivity contribution in [2.45, 2.75) is 38.5 Å². The van der Waals surface area contributed by atoms with Crippen LogP contribution in [0.5, 0.6) is 0 Å². The van der Waals surface area contributed by atoms with Gasteiger partial charge in [-0.2, -0.15) is 0 Å². The lowest BCUT2D eigenvalue weighted by atomic mass is 10.0. The first-order valence-electron chi connectivity index (χ1n) is 15.7. The van der Waals surface area contributed by atoms with E-state index in [0.29, 0.717) is 0 Å². The Bertz CT molecular complexity index is 2060. The molecule has 0 saturated carbocycles. The third-order valence-electron chi connectivity index (χ3n) is 8.85. The number of hydrogen-bond donors (Lipinski definition) is 0. The van der Waals surface area contributed by atoms with Crippen LogP contribution in [0.15, 0.2) is 134 Å². The van der Waals surface area contributed by atoms with Crippen molar-refractivity contribution in [3.8, 4) is 11.4 Å². The second kappa shape index (κ2) is 11.5. The van der Waals surface area contributed by atoms with Crippen molar-refractivity contribution < 1.29 is 0 Å². The average Bonchev–Trinajstić information content (AvgIpc) is 3.59. The van der Waals surface area contributed by atoms with Gasteiger partial charge in [-0.25, -0.2) is 9.97 Å². The van der Waals surface area contributed by atoms with Crippen molar-refractivity contribution in [2.75, 3.05) is 0 Å². The first kappa shape index (κ1) is 26.4. The predicted octanol–water partition coefficient (Wildman–Crippen LogP) is 10.0. The topological polar surface area (TPSA) is 35.6 Å². The minimum absolute atomic E-state index is 1.03. The van der Waals surface area contributed by atoms with E-state index in [-0.39, 0.29) is 0 Å². The largest absolute Gasteiger partial charge is 0.294 e. The van der Waals surface area contributed by atoms with Crippen LogP contribution >= 0.6 is 0 Å². The van der Waals surface area contributed by atoms with E-state index in [2.05, 4.69) is 143 Å². The molecule has 0 saturated heterocycles. The highest BCUT2D eigenvalue weighted by molar-refractivity contribution is 6.09. The summed E-state index contributed by atoms with van der Waals surface area (Å²) in [6, 6.07) is 43.1. The Balaban J connectivity index is 0.938. The van der Waals surface area contributed by atoms with Gasteiger partial charge in [-0.05, 0) is 85.3 Å². The summed E-state index contributed by atoms with van der Waals surface area (Å²) in [4.78, 5) is 9.94. The van der Waals surface area contributed by atoms with E-state index in [1.165, 1.54) is 69.4 Å². The van der Waals surface area contributed by atoms with Gasteiger partial charge in [0.25, 0.3) is 0 Å². The molecule has 8 rings (SSSR count). The standard InChI is InChI=1S/C40H34N4/c1(5-15-29-25-35-33-21-11-13-23-37(33)43(39(35)41-27-29)31-17-7-3-8-18-31)2-6-16-30-26-36-34-22-12-14-24-38(34)44(40(36)42-28-30)32-19-9-4-10-20-32/h3-4,7-14,17-28H,1-2,5-6,15-16H2. The molecule has 4 heteroatoms. The molecule has 0 bridgehead atoms. The molecule has 0 spiro atoms. The minimum Gasteiger partial charge on any atom is -0.294 e. The molecule has 214 valence electrons. The molecule has 0 amide bonds. The molecule has 0 aliphatic rings. The maximum Gasteiger partial charge on any atom is 0.145 e. The second-order valence-electron chi connectivity index (χ2n) is 11.7. The van der Waals surface area contributed by atoms with E-state index in [1.807, 2.05) is 0 Å². The highest BCUT2D eigenvalue weighted by Crippen LogP contribution is 2.33. The third-order valence-corrected chi connectivity index (χ3v) is 8.85. The molecule has 4 nitrogen and oxygen atoms in total. The molecule has 4 heterocycles. The number of para-hydroxylation sites is 4. The Kier molecular flexibility index (Phi) is 6.88. The van der Waals surface area contributed by atoms with E-state index < -0.39 is 0 Å². The smallest absolute Gasteiger partial charge is 0.145 e. The van der Waals surface area contributed by atoms with Gasteiger partial charge in [0.15, 0.2) is 0 Å². The fourth-order valence-corrected chi connectivity index (χ4v) is 6.74. The molecule has 8 aromatic rings. The maximum absolute atomic E-state index is 4.97. The Morgan fingerprint density at radius 2 is 0.818 bits per heavy atom. The lowest BCUT2D eigenvalue weighted by Crippen LogP contribution is -1.96. The lowest BCUT2D eigenvalue weighted by molar-refractivity contribution is 0.640. The Labute approximate surface area is 257 Å². The molecule has 4 aromatic carbocycles. The summed E-state index contributed by atoms with van der Waals surface area (Å²) in [6.45, 7) is 0. The predicted molar refractivity (Wildman–Crippen MR) is 183 cm³/mol. The van der Waals surface area contributed by atoms with Gasteiger partial charge in [0.05, 0.1) is 11.0 Å². The summed E-state index contributed by atoms with van der Waals surface area (Å²) in [5.41, 5.74) is 9.39. The number of rotatable bonds is 9. The van der Waals surface area contributed by atoms with Crippen LogP contribution in [0, 0.1) is 0 Å². The molecular formula is C40H34N4. The summed E-state index contributed by atoms with van der Waals surface area (Å²) in [5.74, 6) is 0. The molecule has 0 aliphatic carbocycles. The summed E-state index contributed by atoms with van der Waals surface area (Å²) in [6.07, 6.45) is 11.0. The van der Waals surface area contributed by atoms with Crippen LogP contribution in [0.4, 0.5) is 0 Å². The number of nitrogens with zero attached hydrogens (tertiary/aromatic N) is 4. The minimum atomic E-state index is 1.03. The highest BCUT2D eigenvalue weighted by atomic mass is 15.1. The normalized spacial score (nSPS) is 11.7. The number of benzene rings is 4. The molecule has 0 atom stereocenters. The molecule has 0 N–H and O–H groups in total. The van der Waals surface area contributed by atoms with Gasteiger partial charge in [0, 0.05) is 45.3 Å². The summed E-state index contributed by atoms with van der Waals surface area (Å²) in [5, 5.41) is 4.99. The van der Waals surface area contributed by atoms with E-state index in [4.69, 9.17) is 9.97 Å². The van der Waals surface area contributed by atoms with Gasteiger partial charge in [-0.1, -0.05) is 85.6 Å². The Hall–Kier alpha value is -5.22. The molecule has 0 unspecified atom stereocenters. The van der Waals surface area contributed by atoms with Crippen molar-refractivity contribution in [3.63, 3.8) is 0 Å². The summed E-state index contributed by atoms with van der Waals surface area (Å²) < 4.78 is 4.56. The van der Waals surface area contributed by atoms with Crippen molar-refractivity contribution in [3.05, 3.63) is 145 Å². The Morgan fingerprint density at radius 3 is 1.27 bits per heavy atom. The molecule has 0 radical (unpaired) electrons. The van der Waals surface area contributed by atoms with Crippen LogP contribution < -0.4 is 0 Å². The van der Waals surface area contributed by atoms with Crippen molar-refractivity contribution in [1.29, 1.82) is 0 Å². The monoisotopic (exact) mass is 570 g/mol. The zero-order valence-corrected chi connectivity index (χ0v) is 24.7. The quantitative estimate of drug-likeness (QED) is 0.162. The second-order valence-corrected chi connectivity index (χ2v) is 11.7. The van der Waals surface area contributed by atoms with Gasteiger partial charge < -0.3 is 0 Å².